The first kappa shape index (κ1) is 11.4. The van der Waals surface area contributed by atoms with E-state index in [2.05, 4.69) is 4.90 Å². The van der Waals surface area contributed by atoms with E-state index in [1.165, 1.54) is 5.56 Å². The Morgan fingerprint density at radius 2 is 1.88 bits per heavy atom. The molecule has 0 unspecified atom stereocenters. The van der Waals surface area contributed by atoms with E-state index in [0.29, 0.717) is 0 Å². The predicted molar refractivity (Wildman–Crippen MR) is 69.5 cm³/mol. The molecule has 1 saturated heterocycles. The second-order valence-electron chi connectivity index (χ2n) is 3.91. The lowest BCUT2D eigenvalue weighted by Crippen LogP contribution is -2.40. The van der Waals surface area contributed by atoms with Gasteiger partial charge in [0.1, 0.15) is 0 Å². The van der Waals surface area contributed by atoms with Crippen molar-refractivity contribution in [1.29, 1.82) is 0 Å². The average molecular weight is 236 g/mol. The van der Waals surface area contributed by atoms with E-state index in [9.17, 15) is 0 Å². The third-order valence-electron chi connectivity index (χ3n) is 2.70. The highest BCUT2D eigenvalue weighted by molar-refractivity contribution is 7.80. The summed E-state index contributed by atoms with van der Waals surface area (Å²) in [5.41, 5.74) is 7.65. The van der Waals surface area contributed by atoms with Gasteiger partial charge in [0.15, 0.2) is 0 Å². The number of nitrogens with zero attached hydrogens (tertiary/aromatic N) is 1. The fourth-order valence-corrected chi connectivity index (χ4v) is 2.08. The SMILES string of the molecule is Nc1ccc(CC(=S)N2CCOCC2)cc1. The molecule has 0 aromatic heterocycles. The maximum Gasteiger partial charge on any atom is 0.0825 e. The molecule has 0 spiro atoms. The van der Waals surface area contributed by atoms with Gasteiger partial charge in [-0.05, 0) is 17.7 Å². The van der Waals surface area contributed by atoms with Gasteiger partial charge in [-0.2, -0.15) is 0 Å². The summed E-state index contributed by atoms with van der Waals surface area (Å²) in [6, 6.07) is 7.89. The molecule has 0 saturated carbocycles. The normalized spacial score (nSPS) is 16.1. The summed E-state index contributed by atoms with van der Waals surface area (Å²) in [6.07, 6.45) is 0.815. The highest BCUT2D eigenvalue weighted by atomic mass is 32.1. The van der Waals surface area contributed by atoms with E-state index in [0.717, 1.165) is 43.4 Å². The lowest BCUT2D eigenvalue weighted by Gasteiger charge is -2.29. The van der Waals surface area contributed by atoms with E-state index < -0.39 is 0 Å². The maximum absolute atomic E-state index is 5.64. The highest BCUT2D eigenvalue weighted by Gasteiger charge is 2.13. The van der Waals surface area contributed by atoms with Crippen LogP contribution in [0, 0.1) is 0 Å². The van der Waals surface area contributed by atoms with Crippen molar-refractivity contribution in [1.82, 2.24) is 4.90 Å². The van der Waals surface area contributed by atoms with Crippen molar-refractivity contribution in [3.63, 3.8) is 0 Å². The molecule has 4 heteroatoms. The molecule has 1 aliphatic rings. The molecule has 1 aromatic rings. The van der Waals surface area contributed by atoms with Gasteiger partial charge < -0.3 is 15.4 Å². The molecule has 1 heterocycles. The van der Waals surface area contributed by atoms with Crippen LogP contribution in [0.5, 0.6) is 0 Å². The van der Waals surface area contributed by atoms with Crippen LogP contribution >= 0.6 is 12.2 Å². The van der Waals surface area contributed by atoms with E-state index in [1.807, 2.05) is 24.3 Å². The number of rotatable bonds is 2. The molecule has 1 fully saturated rings. The number of nitrogen functional groups attached to an aromatic ring is 1. The Morgan fingerprint density at radius 3 is 2.50 bits per heavy atom. The molecule has 0 radical (unpaired) electrons. The van der Waals surface area contributed by atoms with Crippen LogP contribution in [0.1, 0.15) is 5.56 Å². The zero-order valence-corrected chi connectivity index (χ0v) is 10.0. The largest absolute Gasteiger partial charge is 0.399 e. The van der Waals surface area contributed by atoms with Gasteiger partial charge >= 0.3 is 0 Å². The summed E-state index contributed by atoms with van der Waals surface area (Å²) in [4.78, 5) is 3.21. The van der Waals surface area contributed by atoms with E-state index >= 15 is 0 Å². The van der Waals surface area contributed by atoms with Crippen LogP contribution in [0.2, 0.25) is 0 Å². The molecule has 0 bridgehead atoms. The third kappa shape index (κ3) is 2.93. The van der Waals surface area contributed by atoms with Crippen LogP contribution in [0.4, 0.5) is 5.69 Å². The highest BCUT2D eigenvalue weighted by Crippen LogP contribution is 2.09. The number of hydrogen-bond acceptors (Lipinski definition) is 3. The minimum atomic E-state index is 0.780. The van der Waals surface area contributed by atoms with E-state index in [4.69, 9.17) is 22.7 Å². The van der Waals surface area contributed by atoms with Gasteiger partial charge in [0.2, 0.25) is 0 Å². The van der Waals surface area contributed by atoms with Gasteiger partial charge in [0.25, 0.3) is 0 Å². The molecule has 0 aliphatic carbocycles. The topological polar surface area (TPSA) is 38.5 Å². The average Bonchev–Trinajstić information content (AvgIpc) is 2.33. The van der Waals surface area contributed by atoms with Crippen molar-refractivity contribution in [2.75, 3.05) is 32.0 Å². The van der Waals surface area contributed by atoms with Crippen molar-refractivity contribution in [2.24, 2.45) is 0 Å². The summed E-state index contributed by atoms with van der Waals surface area (Å²) >= 11 is 5.43. The molecule has 3 nitrogen and oxygen atoms in total. The van der Waals surface area contributed by atoms with Gasteiger partial charge in [-0.15, -0.1) is 0 Å². The van der Waals surface area contributed by atoms with Crippen LogP contribution in [-0.4, -0.2) is 36.2 Å². The summed E-state index contributed by atoms with van der Waals surface area (Å²) in [7, 11) is 0. The monoisotopic (exact) mass is 236 g/mol. The quantitative estimate of drug-likeness (QED) is 0.623. The summed E-state index contributed by atoms with van der Waals surface area (Å²) in [5, 5.41) is 0. The zero-order valence-electron chi connectivity index (χ0n) is 9.19. The fraction of sp³-hybridized carbons (Fsp3) is 0.417. The molecular formula is C12H16N2OS. The molecular weight excluding hydrogens is 220 g/mol. The summed E-state index contributed by atoms with van der Waals surface area (Å²) < 4.78 is 5.30. The van der Waals surface area contributed by atoms with Gasteiger partial charge in [0.05, 0.1) is 18.2 Å². The molecule has 0 amide bonds. The summed E-state index contributed by atoms with van der Waals surface area (Å²) in [5.74, 6) is 0. The van der Waals surface area contributed by atoms with Crippen molar-refractivity contribution in [3.8, 4) is 0 Å². The second kappa shape index (κ2) is 5.27. The van der Waals surface area contributed by atoms with Crippen LogP contribution in [-0.2, 0) is 11.2 Å². The Morgan fingerprint density at radius 1 is 1.25 bits per heavy atom. The third-order valence-corrected chi connectivity index (χ3v) is 3.10. The van der Waals surface area contributed by atoms with Crippen molar-refractivity contribution in [3.05, 3.63) is 29.8 Å². The minimum Gasteiger partial charge on any atom is -0.399 e. The lowest BCUT2D eigenvalue weighted by molar-refractivity contribution is 0.0685. The number of anilines is 1. The smallest absolute Gasteiger partial charge is 0.0825 e. The number of nitrogens with two attached hydrogens (primary N) is 1. The first-order valence-corrected chi connectivity index (χ1v) is 5.86. The Kier molecular flexibility index (Phi) is 3.74. The second-order valence-corrected chi connectivity index (χ2v) is 4.38. The molecule has 2 rings (SSSR count). The van der Waals surface area contributed by atoms with Crippen LogP contribution in [0.3, 0.4) is 0 Å². The predicted octanol–water partition coefficient (Wildman–Crippen LogP) is 1.47. The number of thiocarbonyl (C=S) groups is 1. The van der Waals surface area contributed by atoms with Gasteiger partial charge in [0, 0.05) is 25.2 Å². The zero-order chi connectivity index (χ0) is 11.4. The first-order valence-electron chi connectivity index (χ1n) is 5.45. The summed E-state index contributed by atoms with van der Waals surface area (Å²) in [6.45, 7) is 3.38. The van der Waals surface area contributed by atoms with Crippen LogP contribution < -0.4 is 5.73 Å². The minimum absolute atomic E-state index is 0.780. The van der Waals surface area contributed by atoms with Gasteiger partial charge in [-0.1, -0.05) is 24.4 Å². The standard InChI is InChI=1S/C12H16N2OS/c13-11-3-1-10(2-4-11)9-12(16)14-5-7-15-8-6-14/h1-4H,5-9,13H2. The maximum atomic E-state index is 5.64. The Bertz CT molecular complexity index is 358. The Hall–Kier alpha value is -1.13. The van der Waals surface area contributed by atoms with Crippen LogP contribution in [0.25, 0.3) is 0 Å². The Balaban J connectivity index is 1.93. The number of hydrogen-bond donors (Lipinski definition) is 1. The molecule has 0 atom stereocenters. The van der Waals surface area contributed by atoms with Crippen LogP contribution in [0.15, 0.2) is 24.3 Å². The number of morpholine rings is 1. The first-order chi connectivity index (χ1) is 7.75. The molecule has 16 heavy (non-hydrogen) atoms. The molecule has 86 valence electrons. The van der Waals surface area contributed by atoms with Crippen molar-refractivity contribution >= 4 is 22.9 Å². The molecule has 1 aromatic carbocycles. The van der Waals surface area contributed by atoms with Crippen molar-refractivity contribution in [2.45, 2.75) is 6.42 Å². The fourth-order valence-electron chi connectivity index (χ4n) is 1.73. The molecule has 2 N–H and O–H groups in total. The molecule has 1 aliphatic heterocycles. The Labute approximate surface area is 101 Å². The lowest BCUT2D eigenvalue weighted by atomic mass is 10.1. The van der Waals surface area contributed by atoms with Gasteiger partial charge in [-0.3, -0.25) is 0 Å². The van der Waals surface area contributed by atoms with E-state index in [-0.39, 0.29) is 0 Å². The number of benzene rings is 1. The van der Waals surface area contributed by atoms with Crippen molar-refractivity contribution < 1.29 is 4.74 Å². The van der Waals surface area contributed by atoms with E-state index in [1.54, 1.807) is 0 Å². The van der Waals surface area contributed by atoms with Gasteiger partial charge in [-0.25, -0.2) is 0 Å². The number of ether oxygens (including phenoxy) is 1.